The minimum atomic E-state index is -4.50. The number of benzene rings is 1. The first-order valence-corrected chi connectivity index (χ1v) is 6.40. The number of halogens is 3. The van der Waals surface area contributed by atoms with Gasteiger partial charge in [-0.25, -0.2) is 0 Å². The Morgan fingerprint density at radius 1 is 1.14 bits per heavy atom. The van der Waals surface area contributed by atoms with Crippen molar-refractivity contribution in [1.29, 1.82) is 0 Å². The predicted molar refractivity (Wildman–Crippen MR) is 75.6 cm³/mol. The minimum Gasteiger partial charge on any atom is -0.326 e. The van der Waals surface area contributed by atoms with Gasteiger partial charge in [0.25, 0.3) is 5.56 Å². The molecule has 0 unspecified atom stereocenters. The molecule has 1 N–H and O–H groups in total. The second-order valence-corrected chi connectivity index (χ2v) is 4.76. The number of rotatable bonds is 3. The van der Waals surface area contributed by atoms with Gasteiger partial charge in [0.15, 0.2) is 0 Å². The lowest BCUT2D eigenvalue weighted by Gasteiger charge is -2.11. The van der Waals surface area contributed by atoms with E-state index >= 15 is 0 Å². The van der Waals surface area contributed by atoms with E-state index in [0.29, 0.717) is 11.3 Å². The van der Waals surface area contributed by atoms with Gasteiger partial charge in [0.05, 0.1) is 12.1 Å². The molecule has 4 nitrogen and oxygen atoms in total. The third-order valence-electron chi connectivity index (χ3n) is 2.94. The lowest BCUT2D eigenvalue weighted by molar-refractivity contribution is -0.138. The average Bonchev–Trinajstić information content (AvgIpc) is 2.41. The maximum Gasteiger partial charge on any atom is 0.417 e. The molecule has 22 heavy (non-hydrogen) atoms. The maximum absolute atomic E-state index is 12.7. The average molecular weight is 310 g/mol. The summed E-state index contributed by atoms with van der Waals surface area (Å²) in [6, 6.07) is 8.17. The highest BCUT2D eigenvalue weighted by molar-refractivity contribution is 5.88. The van der Waals surface area contributed by atoms with E-state index in [-0.39, 0.29) is 12.5 Å². The van der Waals surface area contributed by atoms with Crippen molar-refractivity contribution >= 4 is 11.6 Å². The Labute approximate surface area is 124 Å². The molecule has 1 heterocycles. The minimum absolute atomic E-state index is 0.0170. The summed E-state index contributed by atoms with van der Waals surface area (Å²) in [4.78, 5) is 22.6. The van der Waals surface area contributed by atoms with E-state index in [1.807, 2.05) is 0 Å². The lowest BCUT2D eigenvalue weighted by Crippen LogP contribution is -2.21. The van der Waals surface area contributed by atoms with Crippen LogP contribution >= 0.6 is 0 Å². The van der Waals surface area contributed by atoms with Crippen molar-refractivity contribution < 1.29 is 18.0 Å². The molecular formula is C15H13F3N2O2. The Morgan fingerprint density at radius 2 is 1.77 bits per heavy atom. The third-order valence-corrected chi connectivity index (χ3v) is 2.94. The SMILES string of the molecule is CC(=O)Nc1ccc(Cn2cc(C(F)(F)F)ccc2=O)cc1. The molecule has 7 heteroatoms. The van der Waals surface area contributed by atoms with Crippen LogP contribution in [0.5, 0.6) is 0 Å². The lowest BCUT2D eigenvalue weighted by atomic mass is 10.2. The first-order chi connectivity index (χ1) is 10.3. The van der Waals surface area contributed by atoms with E-state index in [1.54, 1.807) is 24.3 Å². The van der Waals surface area contributed by atoms with E-state index in [9.17, 15) is 22.8 Å². The second-order valence-electron chi connectivity index (χ2n) is 4.76. The summed E-state index contributed by atoms with van der Waals surface area (Å²) in [5.74, 6) is -0.221. The van der Waals surface area contributed by atoms with Crippen LogP contribution in [0.1, 0.15) is 18.1 Å². The number of nitrogens with one attached hydrogen (secondary N) is 1. The van der Waals surface area contributed by atoms with Crippen LogP contribution in [-0.2, 0) is 17.5 Å². The fraction of sp³-hybridized carbons (Fsp3) is 0.200. The van der Waals surface area contributed by atoms with Gasteiger partial charge in [0.2, 0.25) is 5.91 Å². The molecule has 0 atom stereocenters. The number of anilines is 1. The number of nitrogens with zero attached hydrogens (tertiary/aromatic N) is 1. The number of carbonyl (C=O) groups is 1. The Bertz CT molecular complexity index is 734. The molecule has 116 valence electrons. The van der Waals surface area contributed by atoms with Crippen molar-refractivity contribution in [1.82, 2.24) is 4.57 Å². The Balaban J connectivity index is 2.23. The summed E-state index contributed by atoms with van der Waals surface area (Å²) in [7, 11) is 0. The van der Waals surface area contributed by atoms with Crippen molar-refractivity contribution in [3.63, 3.8) is 0 Å². The van der Waals surface area contributed by atoms with Gasteiger partial charge < -0.3 is 9.88 Å². The molecule has 0 aliphatic heterocycles. The largest absolute Gasteiger partial charge is 0.417 e. The highest BCUT2D eigenvalue weighted by Gasteiger charge is 2.30. The van der Waals surface area contributed by atoms with Gasteiger partial charge in [-0.15, -0.1) is 0 Å². The van der Waals surface area contributed by atoms with Gasteiger partial charge in [-0.05, 0) is 23.8 Å². The van der Waals surface area contributed by atoms with Gasteiger partial charge in [-0.3, -0.25) is 9.59 Å². The molecule has 0 aliphatic rings. The number of carbonyl (C=O) groups excluding carboxylic acids is 1. The first kappa shape index (κ1) is 15.8. The summed E-state index contributed by atoms with van der Waals surface area (Å²) in [6.45, 7) is 1.39. The topological polar surface area (TPSA) is 51.1 Å². The predicted octanol–water partition coefficient (Wildman–Crippen LogP) is 2.87. The van der Waals surface area contributed by atoms with Crippen LogP contribution in [-0.4, -0.2) is 10.5 Å². The Kier molecular flexibility index (Phi) is 4.35. The third kappa shape index (κ3) is 3.97. The van der Waals surface area contributed by atoms with Crippen molar-refractivity contribution in [2.45, 2.75) is 19.6 Å². The van der Waals surface area contributed by atoms with E-state index < -0.39 is 17.3 Å². The van der Waals surface area contributed by atoms with Gasteiger partial charge in [-0.2, -0.15) is 13.2 Å². The highest BCUT2D eigenvalue weighted by Crippen LogP contribution is 2.28. The zero-order valence-electron chi connectivity index (χ0n) is 11.6. The number of hydrogen-bond acceptors (Lipinski definition) is 2. The van der Waals surface area contributed by atoms with E-state index in [4.69, 9.17) is 0 Å². The number of alkyl halides is 3. The molecule has 0 saturated carbocycles. The molecule has 2 rings (SSSR count). The van der Waals surface area contributed by atoms with Gasteiger partial charge >= 0.3 is 6.18 Å². The van der Waals surface area contributed by atoms with Crippen LogP contribution in [0.25, 0.3) is 0 Å². The molecule has 0 radical (unpaired) electrons. The molecule has 0 spiro atoms. The van der Waals surface area contributed by atoms with Crippen molar-refractivity contribution in [2.75, 3.05) is 5.32 Å². The highest BCUT2D eigenvalue weighted by atomic mass is 19.4. The Hall–Kier alpha value is -2.57. The number of hydrogen-bond donors (Lipinski definition) is 1. The summed E-state index contributed by atoms with van der Waals surface area (Å²) in [5, 5.41) is 2.58. The van der Waals surface area contributed by atoms with Crippen molar-refractivity contribution in [2.24, 2.45) is 0 Å². The summed E-state index contributed by atoms with van der Waals surface area (Å²) < 4.78 is 39.0. The van der Waals surface area contributed by atoms with Gasteiger partial charge in [-0.1, -0.05) is 12.1 Å². The van der Waals surface area contributed by atoms with Crippen molar-refractivity contribution in [3.05, 3.63) is 64.1 Å². The molecule has 0 saturated heterocycles. The molecule has 0 bridgehead atoms. The molecule has 0 fully saturated rings. The number of pyridine rings is 1. The van der Waals surface area contributed by atoms with Gasteiger partial charge in [0.1, 0.15) is 0 Å². The Morgan fingerprint density at radius 3 is 2.32 bits per heavy atom. The summed E-state index contributed by atoms with van der Waals surface area (Å²) in [6.07, 6.45) is -3.70. The first-order valence-electron chi connectivity index (χ1n) is 6.40. The van der Waals surface area contributed by atoms with Crippen LogP contribution < -0.4 is 10.9 Å². The fourth-order valence-corrected chi connectivity index (χ4v) is 1.92. The van der Waals surface area contributed by atoms with Crippen LogP contribution in [0.15, 0.2) is 47.4 Å². The van der Waals surface area contributed by atoms with E-state index in [0.717, 1.165) is 22.9 Å². The zero-order chi connectivity index (χ0) is 16.3. The normalized spacial score (nSPS) is 11.3. The zero-order valence-corrected chi connectivity index (χ0v) is 11.6. The molecule has 1 aromatic heterocycles. The standard InChI is InChI=1S/C15H13F3N2O2/c1-10(21)19-13-5-2-11(3-6-13)8-20-9-12(15(16,17)18)4-7-14(20)22/h2-7,9H,8H2,1H3,(H,19,21). The van der Waals surface area contributed by atoms with Crippen LogP contribution in [0.3, 0.4) is 0 Å². The number of aromatic nitrogens is 1. The van der Waals surface area contributed by atoms with Crippen LogP contribution in [0, 0.1) is 0 Å². The second kappa shape index (κ2) is 6.05. The summed E-state index contributed by atoms with van der Waals surface area (Å²) in [5.41, 5.74) is -0.163. The molecule has 2 aromatic rings. The van der Waals surface area contributed by atoms with Crippen LogP contribution in [0.2, 0.25) is 0 Å². The van der Waals surface area contributed by atoms with E-state index in [2.05, 4.69) is 5.32 Å². The van der Waals surface area contributed by atoms with Gasteiger partial charge in [0, 0.05) is 24.9 Å². The molecule has 0 aliphatic carbocycles. The van der Waals surface area contributed by atoms with Crippen LogP contribution in [0.4, 0.5) is 18.9 Å². The molecule has 1 amide bonds. The van der Waals surface area contributed by atoms with Crippen molar-refractivity contribution in [3.8, 4) is 0 Å². The molecule has 1 aromatic carbocycles. The number of amides is 1. The fourth-order valence-electron chi connectivity index (χ4n) is 1.92. The summed E-state index contributed by atoms with van der Waals surface area (Å²) >= 11 is 0. The maximum atomic E-state index is 12.7. The monoisotopic (exact) mass is 310 g/mol. The molecular weight excluding hydrogens is 297 g/mol. The quantitative estimate of drug-likeness (QED) is 0.948. The van der Waals surface area contributed by atoms with E-state index in [1.165, 1.54) is 6.92 Å². The smallest absolute Gasteiger partial charge is 0.326 e.